The summed E-state index contributed by atoms with van der Waals surface area (Å²) >= 11 is 1.53. The zero-order valence-electron chi connectivity index (χ0n) is 11.5. The van der Waals surface area contributed by atoms with E-state index in [-0.39, 0.29) is 0 Å². The summed E-state index contributed by atoms with van der Waals surface area (Å²) in [6, 6.07) is 3.59. The molecule has 1 rings (SSSR count). The lowest BCUT2D eigenvalue weighted by Gasteiger charge is -2.38. The molecule has 1 aromatic rings. The second-order valence-corrected chi connectivity index (χ2v) is 6.00. The zero-order valence-corrected chi connectivity index (χ0v) is 12.3. The van der Waals surface area contributed by atoms with Crippen molar-refractivity contribution in [1.29, 1.82) is 0 Å². The number of hydrogen-bond donors (Lipinski definition) is 2. The van der Waals surface area contributed by atoms with Crippen LogP contribution in [0.5, 0.6) is 0 Å². The molecule has 0 aromatic carbocycles. The Morgan fingerprint density at radius 1 is 1.28 bits per heavy atom. The molecule has 6 heteroatoms. The quantitative estimate of drug-likeness (QED) is 0.618. The third-order valence-corrected chi connectivity index (χ3v) is 3.79. The van der Waals surface area contributed by atoms with Crippen molar-refractivity contribution in [2.24, 2.45) is 0 Å². The molecule has 0 spiro atoms. The molecule has 2 N–H and O–H groups in total. The van der Waals surface area contributed by atoms with Crippen molar-refractivity contribution in [3.63, 3.8) is 0 Å². The lowest BCUT2D eigenvalue weighted by atomic mass is 9.77. The van der Waals surface area contributed by atoms with Crippen molar-refractivity contribution in [1.82, 2.24) is 4.98 Å². The third kappa shape index (κ3) is 3.72. The average molecular weight is 269 g/mol. The number of rotatable bonds is 5. The van der Waals surface area contributed by atoms with Crippen LogP contribution in [0, 0.1) is 0 Å². The molecule has 0 radical (unpaired) electrons. The zero-order chi connectivity index (χ0) is 14.0. The first-order valence-electron chi connectivity index (χ1n) is 5.75. The van der Waals surface area contributed by atoms with Gasteiger partial charge >= 0.3 is 7.12 Å². The third-order valence-electron chi connectivity index (χ3n) is 3.13. The van der Waals surface area contributed by atoms with Crippen molar-refractivity contribution in [2.75, 3.05) is 6.26 Å². The van der Waals surface area contributed by atoms with E-state index in [1.54, 1.807) is 40.0 Å². The summed E-state index contributed by atoms with van der Waals surface area (Å²) in [7, 11) is -1.10. The lowest BCUT2D eigenvalue weighted by Crippen LogP contribution is -2.53. The molecule has 4 nitrogen and oxygen atoms in total. The van der Waals surface area contributed by atoms with E-state index in [0.29, 0.717) is 5.46 Å². The first-order chi connectivity index (χ1) is 8.17. The van der Waals surface area contributed by atoms with Gasteiger partial charge < -0.3 is 14.8 Å². The minimum Gasteiger partial charge on any atom is -0.423 e. The van der Waals surface area contributed by atoms with Crippen LogP contribution in [0.2, 0.25) is 0 Å². The summed E-state index contributed by atoms with van der Waals surface area (Å²) in [4.78, 5) is 4.17. The van der Waals surface area contributed by atoms with Gasteiger partial charge in [0.25, 0.3) is 0 Å². The summed E-state index contributed by atoms with van der Waals surface area (Å²) in [6.45, 7) is 6.77. The molecule has 100 valence electrons. The summed E-state index contributed by atoms with van der Waals surface area (Å²) in [5, 5.41) is 20.9. The summed E-state index contributed by atoms with van der Waals surface area (Å²) in [5.74, 6) is 0. The lowest BCUT2D eigenvalue weighted by molar-refractivity contribution is -0.0982. The number of pyridine rings is 1. The predicted octanol–water partition coefficient (Wildman–Crippen LogP) is 1.06. The second-order valence-electron chi connectivity index (χ2n) is 5.17. The molecule has 0 bridgehead atoms. The fourth-order valence-electron chi connectivity index (χ4n) is 1.15. The highest BCUT2D eigenvalue weighted by atomic mass is 32.2. The first-order valence-corrected chi connectivity index (χ1v) is 6.98. The van der Waals surface area contributed by atoms with Crippen LogP contribution in [-0.4, -0.2) is 39.7 Å². The molecule has 0 amide bonds. The van der Waals surface area contributed by atoms with Crippen molar-refractivity contribution >= 4 is 24.3 Å². The van der Waals surface area contributed by atoms with E-state index in [1.807, 2.05) is 12.3 Å². The average Bonchev–Trinajstić information content (AvgIpc) is 2.27. The van der Waals surface area contributed by atoms with Crippen LogP contribution < -0.4 is 5.46 Å². The Bertz CT molecular complexity index is 389. The summed E-state index contributed by atoms with van der Waals surface area (Å²) < 4.78 is 5.52. The van der Waals surface area contributed by atoms with Gasteiger partial charge in [-0.1, -0.05) is 6.07 Å². The van der Waals surface area contributed by atoms with Crippen LogP contribution in [0.1, 0.15) is 27.7 Å². The molecule has 0 atom stereocenters. The topological polar surface area (TPSA) is 62.6 Å². The number of thioether (sulfide) groups is 1. The maximum Gasteiger partial charge on any atom is 0.493 e. The first kappa shape index (κ1) is 15.5. The summed E-state index contributed by atoms with van der Waals surface area (Å²) in [5.41, 5.74) is -1.35. The van der Waals surface area contributed by atoms with Gasteiger partial charge in [-0.05, 0) is 40.0 Å². The number of nitrogens with zero attached hydrogens (tertiary/aromatic N) is 1. The highest BCUT2D eigenvalue weighted by Gasteiger charge is 2.39. The van der Waals surface area contributed by atoms with E-state index < -0.39 is 18.3 Å². The number of aliphatic hydroxyl groups is 1. The van der Waals surface area contributed by atoms with Crippen molar-refractivity contribution in [3.8, 4) is 0 Å². The molecular weight excluding hydrogens is 249 g/mol. The van der Waals surface area contributed by atoms with Gasteiger partial charge in [0, 0.05) is 11.7 Å². The van der Waals surface area contributed by atoms with E-state index in [0.717, 1.165) is 5.03 Å². The Balaban J connectivity index is 2.78. The van der Waals surface area contributed by atoms with E-state index in [9.17, 15) is 10.1 Å². The van der Waals surface area contributed by atoms with E-state index >= 15 is 0 Å². The van der Waals surface area contributed by atoms with Gasteiger partial charge in [-0.15, -0.1) is 11.8 Å². The van der Waals surface area contributed by atoms with E-state index in [4.69, 9.17) is 4.65 Å². The normalized spacial score (nSPS) is 12.6. The molecule has 0 aliphatic heterocycles. The van der Waals surface area contributed by atoms with Gasteiger partial charge in [-0.3, -0.25) is 4.98 Å². The Morgan fingerprint density at radius 2 is 1.89 bits per heavy atom. The number of aromatic nitrogens is 1. The minimum atomic E-state index is -1.10. The largest absolute Gasteiger partial charge is 0.493 e. The molecule has 18 heavy (non-hydrogen) atoms. The van der Waals surface area contributed by atoms with Gasteiger partial charge in [0.1, 0.15) is 0 Å². The van der Waals surface area contributed by atoms with Crippen molar-refractivity contribution < 1.29 is 14.8 Å². The van der Waals surface area contributed by atoms with E-state index in [1.165, 1.54) is 11.8 Å². The molecular formula is C12H20BNO3S. The van der Waals surface area contributed by atoms with Crippen LogP contribution in [-0.2, 0) is 4.65 Å². The number of hydrogen-bond acceptors (Lipinski definition) is 5. The van der Waals surface area contributed by atoms with Crippen LogP contribution in [0.15, 0.2) is 23.4 Å². The predicted molar refractivity (Wildman–Crippen MR) is 75.1 cm³/mol. The molecule has 0 aliphatic rings. The Kier molecular flexibility index (Phi) is 4.83. The fourth-order valence-corrected chi connectivity index (χ4v) is 1.51. The van der Waals surface area contributed by atoms with Gasteiger partial charge in [0.15, 0.2) is 0 Å². The monoisotopic (exact) mass is 269 g/mol. The Labute approximate surface area is 113 Å². The molecule has 1 heterocycles. The second kappa shape index (κ2) is 5.61. The van der Waals surface area contributed by atoms with Crippen LogP contribution in [0.25, 0.3) is 0 Å². The summed E-state index contributed by atoms with van der Waals surface area (Å²) in [6.07, 6.45) is 3.52. The smallest absolute Gasteiger partial charge is 0.423 e. The maximum absolute atomic E-state index is 10.0. The molecule has 0 fully saturated rings. The van der Waals surface area contributed by atoms with Gasteiger partial charge in [-0.2, -0.15) is 0 Å². The molecule has 0 saturated carbocycles. The van der Waals surface area contributed by atoms with Gasteiger partial charge in [0.05, 0.1) is 16.2 Å². The Morgan fingerprint density at radius 3 is 2.28 bits per heavy atom. The van der Waals surface area contributed by atoms with Crippen LogP contribution >= 0.6 is 11.8 Å². The molecule has 0 aliphatic carbocycles. The van der Waals surface area contributed by atoms with Crippen LogP contribution in [0.4, 0.5) is 0 Å². The fraction of sp³-hybridized carbons (Fsp3) is 0.583. The molecule has 1 aromatic heterocycles. The highest BCUT2D eigenvalue weighted by molar-refractivity contribution is 7.98. The van der Waals surface area contributed by atoms with E-state index in [2.05, 4.69) is 4.98 Å². The van der Waals surface area contributed by atoms with Gasteiger partial charge in [-0.25, -0.2) is 0 Å². The van der Waals surface area contributed by atoms with Crippen LogP contribution in [0.3, 0.4) is 0 Å². The standard InChI is InChI=1S/C12H20BNO3S/c1-11(2,15)12(3,4)17-13(16)9-6-7-10(18-5)14-8-9/h6-8,15-16H,1-5H3. The maximum atomic E-state index is 10.0. The molecule has 0 unspecified atom stereocenters. The SMILES string of the molecule is CSc1ccc(B(O)OC(C)(C)C(C)(C)O)cn1. The van der Waals surface area contributed by atoms with Gasteiger partial charge in [0.2, 0.25) is 0 Å². The van der Waals surface area contributed by atoms with Crippen molar-refractivity contribution in [3.05, 3.63) is 18.3 Å². The highest BCUT2D eigenvalue weighted by Crippen LogP contribution is 2.25. The minimum absolute atomic E-state index is 0.574. The van der Waals surface area contributed by atoms with Crippen molar-refractivity contribution in [2.45, 2.75) is 43.9 Å². The Hall–Kier alpha value is -0.555. The molecule has 0 saturated heterocycles.